The van der Waals surface area contributed by atoms with Crippen molar-refractivity contribution in [3.63, 3.8) is 0 Å². The Morgan fingerprint density at radius 1 is 1.17 bits per heavy atom. The molecule has 1 saturated carbocycles. The second kappa shape index (κ2) is 6.74. The van der Waals surface area contributed by atoms with Gasteiger partial charge in [-0.3, -0.25) is 0 Å². The zero-order chi connectivity index (χ0) is 12.8. The largest absolute Gasteiger partial charge is 0.360 e. The fraction of sp³-hybridized carbons (Fsp3) is 0.533. The van der Waals surface area contributed by atoms with Crippen LogP contribution in [0.25, 0.3) is 0 Å². The molecule has 0 unspecified atom stereocenters. The fourth-order valence-corrected chi connectivity index (χ4v) is 2.95. The summed E-state index contributed by atoms with van der Waals surface area (Å²) in [6.45, 7) is 2.24. The van der Waals surface area contributed by atoms with Crippen molar-refractivity contribution in [3.05, 3.63) is 30.3 Å². The first-order valence-corrected chi connectivity index (χ1v) is 7.29. The highest BCUT2D eigenvalue weighted by atomic mass is 32.1. The molecule has 0 bridgehead atoms. The van der Waals surface area contributed by atoms with E-state index in [1.165, 1.54) is 32.1 Å². The first kappa shape index (κ1) is 13.3. The Kier molecular flexibility index (Phi) is 5.00. The van der Waals surface area contributed by atoms with E-state index in [1.54, 1.807) is 0 Å². The van der Waals surface area contributed by atoms with Crippen molar-refractivity contribution in [1.82, 2.24) is 5.32 Å². The SMILES string of the molecule is C[C@H](NC(=S)Nc1ccccc1)C1CCCCC1. The van der Waals surface area contributed by atoms with Crippen LogP contribution in [-0.4, -0.2) is 11.2 Å². The molecule has 1 aromatic carbocycles. The Balaban J connectivity index is 1.79. The van der Waals surface area contributed by atoms with Crippen LogP contribution >= 0.6 is 12.2 Å². The summed E-state index contributed by atoms with van der Waals surface area (Å²) in [5, 5.41) is 7.39. The molecule has 2 N–H and O–H groups in total. The van der Waals surface area contributed by atoms with E-state index in [1.807, 2.05) is 30.3 Å². The summed E-state index contributed by atoms with van der Waals surface area (Å²) in [5.41, 5.74) is 1.05. The van der Waals surface area contributed by atoms with Gasteiger partial charge in [0.25, 0.3) is 0 Å². The van der Waals surface area contributed by atoms with Gasteiger partial charge in [0.2, 0.25) is 0 Å². The second-order valence-electron chi connectivity index (χ2n) is 5.15. The molecule has 3 heteroatoms. The second-order valence-corrected chi connectivity index (χ2v) is 5.56. The normalized spacial score (nSPS) is 18.1. The molecular weight excluding hydrogens is 240 g/mol. The number of nitrogens with one attached hydrogen (secondary N) is 2. The zero-order valence-corrected chi connectivity index (χ0v) is 11.8. The predicted molar refractivity (Wildman–Crippen MR) is 81.8 cm³/mol. The Hall–Kier alpha value is -1.09. The third-order valence-electron chi connectivity index (χ3n) is 3.75. The van der Waals surface area contributed by atoms with Gasteiger partial charge in [0, 0.05) is 11.7 Å². The molecule has 18 heavy (non-hydrogen) atoms. The minimum Gasteiger partial charge on any atom is -0.360 e. The summed E-state index contributed by atoms with van der Waals surface area (Å²) in [5.74, 6) is 0.772. The predicted octanol–water partition coefficient (Wildman–Crippen LogP) is 3.94. The molecule has 1 atom stereocenters. The molecule has 1 aromatic rings. The Labute approximate surface area is 115 Å². The van der Waals surface area contributed by atoms with Gasteiger partial charge in [-0.05, 0) is 50.0 Å². The molecule has 98 valence electrons. The summed E-state index contributed by atoms with van der Waals surface area (Å²) < 4.78 is 0. The van der Waals surface area contributed by atoms with Crippen LogP contribution in [0.3, 0.4) is 0 Å². The number of thiocarbonyl (C=S) groups is 1. The molecule has 1 aliphatic rings. The van der Waals surface area contributed by atoms with Gasteiger partial charge in [-0.25, -0.2) is 0 Å². The van der Waals surface area contributed by atoms with Gasteiger partial charge in [-0.1, -0.05) is 37.5 Å². The van der Waals surface area contributed by atoms with Crippen molar-refractivity contribution >= 4 is 23.0 Å². The molecule has 0 spiro atoms. The number of rotatable bonds is 3. The smallest absolute Gasteiger partial charge is 0.170 e. The molecule has 0 amide bonds. The van der Waals surface area contributed by atoms with E-state index in [-0.39, 0.29) is 0 Å². The van der Waals surface area contributed by atoms with Gasteiger partial charge in [0.05, 0.1) is 0 Å². The summed E-state index contributed by atoms with van der Waals surface area (Å²) in [6.07, 6.45) is 6.81. The number of hydrogen-bond acceptors (Lipinski definition) is 1. The molecular formula is C15H22N2S. The number of anilines is 1. The van der Waals surface area contributed by atoms with E-state index >= 15 is 0 Å². The quantitative estimate of drug-likeness (QED) is 0.807. The van der Waals surface area contributed by atoms with Crippen molar-refractivity contribution in [2.45, 2.75) is 45.1 Å². The lowest BCUT2D eigenvalue weighted by molar-refractivity contribution is 0.302. The van der Waals surface area contributed by atoms with Crippen LogP contribution in [0.1, 0.15) is 39.0 Å². The van der Waals surface area contributed by atoms with Gasteiger partial charge in [0.15, 0.2) is 5.11 Å². The molecule has 0 aliphatic heterocycles. The van der Waals surface area contributed by atoms with E-state index in [2.05, 4.69) is 17.6 Å². The summed E-state index contributed by atoms with van der Waals surface area (Å²) in [7, 11) is 0. The maximum Gasteiger partial charge on any atom is 0.170 e. The maximum absolute atomic E-state index is 5.36. The van der Waals surface area contributed by atoms with Crippen molar-refractivity contribution in [2.75, 3.05) is 5.32 Å². The van der Waals surface area contributed by atoms with E-state index in [0.717, 1.165) is 16.7 Å². The molecule has 0 saturated heterocycles. The first-order valence-electron chi connectivity index (χ1n) is 6.88. The number of hydrogen-bond donors (Lipinski definition) is 2. The molecule has 1 fully saturated rings. The lowest BCUT2D eigenvalue weighted by Gasteiger charge is -2.29. The van der Waals surface area contributed by atoms with E-state index in [4.69, 9.17) is 12.2 Å². The highest BCUT2D eigenvalue weighted by Gasteiger charge is 2.20. The number of para-hydroxylation sites is 1. The third kappa shape index (κ3) is 3.98. The van der Waals surface area contributed by atoms with E-state index in [0.29, 0.717) is 6.04 Å². The molecule has 2 rings (SSSR count). The van der Waals surface area contributed by atoms with Crippen LogP contribution in [0.4, 0.5) is 5.69 Å². The Bertz CT molecular complexity index is 371. The van der Waals surface area contributed by atoms with Crippen LogP contribution in [-0.2, 0) is 0 Å². The monoisotopic (exact) mass is 262 g/mol. The lowest BCUT2D eigenvalue weighted by Crippen LogP contribution is -2.41. The summed E-state index contributed by atoms with van der Waals surface area (Å²) in [6, 6.07) is 10.5. The third-order valence-corrected chi connectivity index (χ3v) is 3.97. The van der Waals surface area contributed by atoms with Crippen molar-refractivity contribution < 1.29 is 0 Å². The van der Waals surface area contributed by atoms with Crippen LogP contribution in [0.5, 0.6) is 0 Å². The number of benzene rings is 1. The summed E-state index contributed by atoms with van der Waals surface area (Å²) >= 11 is 5.36. The molecule has 0 radical (unpaired) electrons. The maximum atomic E-state index is 5.36. The lowest BCUT2D eigenvalue weighted by atomic mass is 9.85. The van der Waals surface area contributed by atoms with Gasteiger partial charge >= 0.3 is 0 Å². The highest BCUT2D eigenvalue weighted by Crippen LogP contribution is 2.26. The van der Waals surface area contributed by atoms with E-state index < -0.39 is 0 Å². The van der Waals surface area contributed by atoms with Gasteiger partial charge in [-0.15, -0.1) is 0 Å². The Morgan fingerprint density at radius 2 is 1.83 bits per heavy atom. The van der Waals surface area contributed by atoms with Crippen molar-refractivity contribution in [1.29, 1.82) is 0 Å². The zero-order valence-electron chi connectivity index (χ0n) is 11.0. The van der Waals surface area contributed by atoms with Crippen molar-refractivity contribution in [2.24, 2.45) is 5.92 Å². The average Bonchev–Trinajstić information content (AvgIpc) is 2.40. The van der Waals surface area contributed by atoms with Gasteiger partial charge in [0.1, 0.15) is 0 Å². The first-order chi connectivity index (χ1) is 8.75. The van der Waals surface area contributed by atoms with Crippen LogP contribution in [0.2, 0.25) is 0 Å². The summed E-state index contributed by atoms with van der Waals surface area (Å²) in [4.78, 5) is 0. The topological polar surface area (TPSA) is 24.1 Å². The van der Waals surface area contributed by atoms with Crippen LogP contribution in [0, 0.1) is 5.92 Å². The van der Waals surface area contributed by atoms with Gasteiger partial charge < -0.3 is 10.6 Å². The van der Waals surface area contributed by atoms with Crippen LogP contribution in [0.15, 0.2) is 30.3 Å². The van der Waals surface area contributed by atoms with E-state index in [9.17, 15) is 0 Å². The van der Waals surface area contributed by atoms with Crippen LogP contribution < -0.4 is 10.6 Å². The average molecular weight is 262 g/mol. The van der Waals surface area contributed by atoms with Crippen molar-refractivity contribution in [3.8, 4) is 0 Å². The van der Waals surface area contributed by atoms with Gasteiger partial charge in [-0.2, -0.15) is 0 Å². The molecule has 2 nitrogen and oxygen atoms in total. The minimum absolute atomic E-state index is 0.467. The molecule has 0 heterocycles. The Morgan fingerprint density at radius 3 is 2.50 bits per heavy atom. The molecule has 1 aliphatic carbocycles. The molecule has 0 aromatic heterocycles. The fourth-order valence-electron chi connectivity index (χ4n) is 2.65. The minimum atomic E-state index is 0.467. The highest BCUT2D eigenvalue weighted by molar-refractivity contribution is 7.80. The standard InChI is InChI=1S/C15H22N2S/c1-12(13-8-4-2-5-9-13)16-15(18)17-14-10-6-3-7-11-14/h3,6-7,10-13H,2,4-5,8-9H2,1H3,(H2,16,17,18)/t12-/m0/s1.